The van der Waals surface area contributed by atoms with Gasteiger partial charge in [0.15, 0.2) is 5.01 Å². The number of nitrogens with one attached hydrogen (secondary N) is 2. The molecule has 0 atom stereocenters. The minimum atomic E-state index is -0.466. The summed E-state index contributed by atoms with van der Waals surface area (Å²) in [6, 6.07) is 9.32. The number of hydrogen-bond donors (Lipinski definition) is 2. The van der Waals surface area contributed by atoms with E-state index in [1.165, 1.54) is 24.2 Å². The number of benzene rings is 1. The molecule has 3 heterocycles. The zero-order valence-electron chi connectivity index (χ0n) is 19.6. The number of piperazine rings is 1. The minimum Gasteiger partial charge on any atom is -0.323 e. The van der Waals surface area contributed by atoms with Crippen LogP contribution in [-0.4, -0.2) is 74.6 Å². The van der Waals surface area contributed by atoms with Gasteiger partial charge in [-0.25, -0.2) is 0 Å². The average Bonchev–Trinajstić information content (AvgIpc) is 3.84. The van der Waals surface area contributed by atoms with E-state index in [2.05, 4.69) is 35.6 Å². The molecule has 36 heavy (non-hydrogen) atoms. The van der Waals surface area contributed by atoms with Crippen LogP contribution in [0.25, 0.3) is 10.6 Å². The number of halogens is 1. The van der Waals surface area contributed by atoms with Crippen LogP contribution in [0.1, 0.15) is 36.0 Å². The summed E-state index contributed by atoms with van der Waals surface area (Å²) < 4.78 is 0. The molecule has 2 N–H and O–H groups in total. The molecular formula is C25H26ClN7O2S. The van der Waals surface area contributed by atoms with Gasteiger partial charge in [-0.1, -0.05) is 22.9 Å². The van der Waals surface area contributed by atoms with Gasteiger partial charge in [0.25, 0.3) is 5.91 Å². The molecule has 3 aromatic rings. The highest BCUT2D eigenvalue weighted by atomic mass is 35.5. The summed E-state index contributed by atoms with van der Waals surface area (Å²) in [5.41, 5.74) is 1.17. The van der Waals surface area contributed by atoms with Crippen molar-refractivity contribution in [2.45, 2.75) is 37.3 Å². The largest absolute Gasteiger partial charge is 0.323 e. The number of hydrogen-bond acceptors (Lipinski definition) is 8. The van der Waals surface area contributed by atoms with Crippen LogP contribution in [0.2, 0.25) is 5.02 Å². The predicted molar refractivity (Wildman–Crippen MR) is 139 cm³/mol. The zero-order valence-corrected chi connectivity index (χ0v) is 21.2. The van der Waals surface area contributed by atoms with E-state index in [0.29, 0.717) is 26.4 Å². The Morgan fingerprint density at radius 1 is 1.06 bits per heavy atom. The van der Waals surface area contributed by atoms with Gasteiger partial charge < -0.3 is 5.32 Å². The van der Waals surface area contributed by atoms with Crippen molar-refractivity contribution in [3.05, 3.63) is 53.3 Å². The van der Waals surface area contributed by atoms with Crippen molar-refractivity contribution in [1.82, 2.24) is 25.0 Å². The lowest BCUT2D eigenvalue weighted by molar-refractivity contribution is -0.123. The van der Waals surface area contributed by atoms with Gasteiger partial charge in [-0.15, -0.1) is 10.2 Å². The molecule has 2 amide bonds. The molecule has 186 valence electrons. The van der Waals surface area contributed by atoms with Gasteiger partial charge in [0.2, 0.25) is 11.0 Å². The van der Waals surface area contributed by atoms with Crippen molar-refractivity contribution in [3.8, 4) is 10.6 Å². The van der Waals surface area contributed by atoms with Crippen molar-refractivity contribution in [2.24, 2.45) is 0 Å². The fraction of sp³-hybridized carbons (Fsp3) is 0.400. The molecule has 1 aromatic carbocycles. The summed E-state index contributed by atoms with van der Waals surface area (Å²) in [6.45, 7) is 3.85. The maximum absolute atomic E-state index is 13.3. The van der Waals surface area contributed by atoms with E-state index >= 15 is 0 Å². The second kappa shape index (κ2) is 9.51. The number of amides is 2. The van der Waals surface area contributed by atoms with Crippen molar-refractivity contribution < 1.29 is 9.59 Å². The van der Waals surface area contributed by atoms with Crippen LogP contribution in [0.15, 0.2) is 42.7 Å². The predicted octanol–water partition coefficient (Wildman–Crippen LogP) is 3.76. The Kier molecular flexibility index (Phi) is 6.20. The molecule has 11 heteroatoms. The second-order valence-corrected chi connectivity index (χ2v) is 10.9. The van der Waals surface area contributed by atoms with Gasteiger partial charge in [0, 0.05) is 55.7 Å². The molecule has 3 aliphatic rings. The highest BCUT2D eigenvalue weighted by Crippen LogP contribution is 2.44. The molecule has 2 aromatic heterocycles. The summed E-state index contributed by atoms with van der Waals surface area (Å²) in [7, 11) is 0. The van der Waals surface area contributed by atoms with Crippen LogP contribution in [-0.2, 0) is 4.79 Å². The lowest BCUT2D eigenvalue weighted by Gasteiger charge is -2.39. The number of pyridine rings is 1. The van der Waals surface area contributed by atoms with Gasteiger partial charge in [0.1, 0.15) is 5.54 Å². The van der Waals surface area contributed by atoms with E-state index in [1.807, 2.05) is 12.1 Å². The molecule has 0 spiro atoms. The Bertz CT molecular complexity index is 1280. The average molecular weight is 524 g/mol. The number of rotatable bonds is 7. The van der Waals surface area contributed by atoms with Gasteiger partial charge in [-0.05, 0) is 56.0 Å². The van der Waals surface area contributed by atoms with Crippen LogP contribution in [0.3, 0.4) is 0 Å². The van der Waals surface area contributed by atoms with E-state index < -0.39 is 5.54 Å². The third-order valence-corrected chi connectivity index (χ3v) is 8.38. The Balaban J connectivity index is 1.11. The Morgan fingerprint density at radius 2 is 1.86 bits per heavy atom. The normalized spacial score (nSPS) is 19.6. The molecule has 6 rings (SSSR count). The number of anilines is 2. The summed E-state index contributed by atoms with van der Waals surface area (Å²) in [4.78, 5) is 35.2. The van der Waals surface area contributed by atoms with Crippen molar-refractivity contribution >= 4 is 45.6 Å². The van der Waals surface area contributed by atoms with Crippen LogP contribution >= 0.6 is 22.9 Å². The fourth-order valence-electron chi connectivity index (χ4n) is 4.81. The minimum absolute atomic E-state index is 0.0490. The third-order valence-electron chi connectivity index (χ3n) is 7.16. The van der Waals surface area contributed by atoms with Crippen molar-refractivity contribution in [2.75, 3.05) is 36.8 Å². The third kappa shape index (κ3) is 4.73. The summed E-state index contributed by atoms with van der Waals surface area (Å²) in [5, 5.41) is 15.4. The number of nitrogens with zero attached hydrogens (tertiary/aromatic N) is 5. The number of carbonyl (C=O) groups is 2. The van der Waals surface area contributed by atoms with E-state index in [0.717, 1.165) is 50.6 Å². The van der Waals surface area contributed by atoms with Gasteiger partial charge in [-0.2, -0.15) is 0 Å². The molecule has 9 nitrogen and oxygen atoms in total. The maximum atomic E-state index is 13.3. The van der Waals surface area contributed by atoms with Crippen molar-refractivity contribution in [1.29, 1.82) is 0 Å². The van der Waals surface area contributed by atoms with Gasteiger partial charge in [0.05, 0.1) is 10.7 Å². The Labute approximate surface area is 217 Å². The smallest absolute Gasteiger partial charge is 0.257 e. The Morgan fingerprint density at radius 3 is 2.56 bits per heavy atom. The summed E-state index contributed by atoms with van der Waals surface area (Å²) in [5.74, 6) is -0.402. The van der Waals surface area contributed by atoms with E-state index in [4.69, 9.17) is 11.6 Å². The SMILES string of the molecule is O=C(Nc1nnc(-c2cccnc2)s1)c1ccc(Cl)c(NC(=O)C2(N3CCN(C4CC4)CC3)CC2)c1. The molecular weight excluding hydrogens is 498 g/mol. The first kappa shape index (κ1) is 23.5. The molecule has 2 aliphatic carbocycles. The molecule has 3 fully saturated rings. The summed E-state index contributed by atoms with van der Waals surface area (Å²) >= 11 is 7.66. The summed E-state index contributed by atoms with van der Waals surface area (Å²) in [6.07, 6.45) is 7.68. The standard InChI is InChI=1S/C25H26ClN7O2S/c26-19-6-3-16(21(34)29-24-31-30-22(36-24)17-2-1-9-27-15-17)14-20(19)28-23(35)25(7-8-25)33-12-10-32(11-13-33)18-4-5-18/h1-3,6,9,14-15,18H,4-5,7-8,10-13H2,(H,28,35)(H,29,31,34). The highest BCUT2D eigenvalue weighted by molar-refractivity contribution is 7.18. The maximum Gasteiger partial charge on any atom is 0.257 e. The molecule has 1 saturated heterocycles. The molecule has 0 radical (unpaired) electrons. The topological polar surface area (TPSA) is 103 Å². The molecule has 1 aliphatic heterocycles. The van der Waals surface area contributed by atoms with Crippen LogP contribution < -0.4 is 10.6 Å². The lowest BCUT2D eigenvalue weighted by Crippen LogP contribution is -2.55. The van der Waals surface area contributed by atoms with Crippen LogP contribution in [0.5, 0.6) is 0 Å². The first-order valence-electron chi connectivity index (χ1n) is 12.2. The Hall–Kier alpha value is -2.92. The van der Waals surface area contributed by atoms with E-state index in [1.54, 1.807) is 30.6 Å². The van der Waals surface area contributed by atoms with E-state index in [-0.39, 0.29) is 11.8 Å². The molecule has 2 saturated carbocycles. The number of carbonyl (C=O) groups excluding carboxylic acids is 2. The molecule has 0 unspecified atom stereocenters. The highest BCUT2D eigenvalue weighted by Gasteiger charge is 2.55. The first-order valence-corrected chi connectivity index (χ1v) is 13.4. The second-order valence-electron chi connectivity index (χ2n) is 9.54. The quantitative estimate of drug-likeness (QED) is 0.486. The van der Waals surface area contributed by atoms with E-state index in [9.17, 15) is 9.59 Å². The zero-order chi connectivity index (χ0) is 24.7. The van der Waals surface area contributed by atoms with Crippen molar-refractivity contribution in [3.63, 3.8) is 0 Å². The lowest BCUT2D eigenvalue weighted by atomic mass is 10.1. The monoisotopic (exact) mass is 523 g/mol. The number of aromatic nitrogens is 3. The van der Waals surface area contributed by atoms with Gasteiger partial charge in [-0.3, -0.25) is 29.7 Å². The molecule has 0 bridgehead atoms. The van der Waals surface area contributed by atoms with Crippen LogP contribution in [0, 0.1) is 0 Å². The van der Waals surface area contributed by atoms with Crippen LogP contribution in [0.4, 0.5) is 10.8 Å². The van der Waals surface area contributed by atoms with Gasteiger partial charge >= 0.3 is 0 Å². The fourth-order valence-corrected chi connectivity index (χ4v) is 5.70. The first-order chi connectivity index (χ1) is 17.5.